The highest BCUT2D eigenvalue weighted by atomic mass is 16.5. The van der Waals surface area contributed by atoms with Gasteiger partial charge in [-0.1, -0.05) is 6.92 Å². The van der Waals surface area contributed by atoms with Crippen LogP contribution in [0.25, 0.3) is 0 Å². The monoisotopic (exact) mass is 370 g/mol. The van der Waals surface area contributed by atoms with E-state index in [9.17, 15) is 9.59 Å². The summed E-state index contributed by atoms with van der Waals surface area (Å²) in [5, 5.41) is 3.28. The SMILES string of the molecule is COc1ccc(C(=O)N[C@H]2CC[C@@]34CCCN3C(=O)CCC[C@H]4[C@H]2C)cc1. The lowest BCUT2D eigenvalue weighted by Gasteiger charge is -2.52. The maximum absolute atomic E-state index is 12.7. The molecule has 146 valence electrons. The average Bonchev–Trinajstić information content (AvgIpc) is 3.05. The number of amides is 2. The van der Waals surface area contributed by atoms with E-state index >= 15 is 0 Å². The van der Waals surface area contributed by atoms with Crippen LogP contribution in [0, 0.1) is 11.8 Å². The Morgan fingerprint density at radius 3 is 2.70 bits per heavy atom. The first-order chi connectivity index (χ1) is 13.0. The van der Waals surface area contributed by atoms with E-state index in [0.29, 0.717) is 29.7 Å². The first-order valence-corrected chi connectivity index (χ1v) is 10.3. The lowest BCUT2D eigenvalue weighted by atomic mass is 9.63. The van der Waals surface area contributed by atoms with Crippen molar-refractivity contribution in [3.63, 3.8) is 0 Å². The van der Waals surface area contributed by atoms with Gasteiger partial charge in [0.25, 0.3) is 5.91 Å². The molecule has 0 unspecified atom stereocenters. The van der Waals surface area contributed by atoms with Crippen LogP contribution in [0.5, 0.6) is 5.75 Å². The quantitative estimate of drug-likeness (QED) is 0.887. The molecule has 4 atom stereocenters. The first-order valence-electron chi connectivity index (χ1n) is 10.3. The Balaban J connectivity index is 1.50. The van der Waals surface area contributed by atoms with E-state index in [1.807, 2.05) is 24.3 Å². The van der Waals surface area contributed by atoms with Crippen LogP contribution in [0.4, 0.5) is 0 Å². The molecule has 0 radical (unpaired) electrons. The second kappa shape index (κ2) is 7.17. The molecule has 1 spiro atoms. The zero-order valence-corrected chi connectivity index (χ0v) is 16.4. The number of hydrogen-bond acceptors (Lipinski definition) is 3. The van der Waals surface area contributed by atoms with Gasteiger partial charge >= 0.3 is 0 Å². The summed E-state index contributed by atoms with van der Waals surface area (Å²) in [6, 6.07) is 7.44. The summed E-state index contributed by atoms with van der Waals surface area (Å²) in [6.07, 6.45) is 6.98. The third-order valence-electron chi connectivity index (χ3n) is 7.25. The molecule has 4 rings (SSSR count). The number of ether oxygens (including phenoxy) is 1. The van der Waals surface area contributed by atoms with E-state index in [4.69, 9.17) is 4.74 Å². The van der Waals surface area contributed by atoms with Gasteiger partial charge in [-0.3, -0.25) is 9.59 Å². The summed E-state index contributed by atoms with van der Waals surface area (Å²) in [5.74, 6) is 1.96. The highest BCUT2D eigenvalue weighted by Crippen LogP contribution is 2.51. The fraction of sp³-hybridized carbons (Fsp3) is 0.636. The van der Waals surface area contributed by atoms with Crippen molar-refractivity contribution < 1.29 is 14.3 Å². The van der Waals surface area contributed by atoms with Crippen molar-refractivity contribution in [1.29, 1.82) is 0 Å². The number of nitrogens with zero attached hydrogens (tertiary/aromatic N) is 1. The molecular formula is C22H30N2O3. The number of methoxy groups -OCH3 is 1. The summed E-state index contributed by atoms with van der Waals surface area (Å²) in [7, 11) is 1.62. The third kappa shape index (κ3) is 3.11. The maximum Gasteiger partial charge on any atom is 0.251 e. The molecule has 3 aliphatic rings. The molecule has 5 heteroatoms. The summed E-state index contributed by atoms with van der Waals surface area (Å²) in [6.45, 7) is 3.20. The van der Waals surface area contributed by atoms with Crippen LogP contribution in [-0.4, -0.2) is 41.9 Å². The highest BCUT2D eigenvalue weighted by molar-refractivity contribution is 5.94. The summed E-state index contributed by atoms with van der Waals surface area (Å²) >= 11 is 0. The zero-order valence-electron chi connectivity index (χ0n) is 16.4. The molecule has 2 heterocycles. The van der Waals surface area contributed by atoms with Crippen molar-refractivity contribution in [3.05, 3.63) is 29.8 Å². The Hall–Kier alpha value is -2.04. The van der Waals surface area contributed by atoms with Gasteiger partial charge < -0.3 is 15.0 Å². The minimum Gasteiger partial charge on any atom is -0.497 e. The Bertz CT molecular complexity index is 717. The van der Waals surface area contributed by atoms with Gasteiger partial charge in [-0.05, 0) is 74.6 Å². The molecule has 0 aromatic heterocycles. The third-order valence-corrected chi connectivity index (χ3v) is 7.25. The van der Waals surface area contributed by atoms with Gasteiger partial charge in [-0.2, -0.15) is 0 Å². The van der Waals surface area contributed by atoms with E-state index in [0.717, 1.165) is 50.8 Å². The van der Waals surface area contributed by atoms with E-state index in [1.54, 1.807) is 7.11 Å². The molecule has 1 aliphatic carbocycles. The van der Waals surface area contributed by atoms with E-state index in [-0.39, 0.29) is 17.5 Å². The van der Waals surface area contributed by atoms with Gasteiger partial charge in [0, 0.05) is 30.1 Å². The maximum atomic E-state index is 12.7. The van der Waals surface area contributed by atoms with Crippen LogP contribution in [0.2, 0.25) is 0 Å². The molecule has 1 aromatic rings. The second-order valence-corrected chi connectivity index (χ2v) is 8.46. The molecule has 3 fully saturated rings. The van der Waals surface area contributed by atoms with Crippen LogP contribution >= 0.6 is 0 Å². The minimum absolute atomic E-state index is 0.0153. The molecule has 1 saturated carbocycles. The Morgan fingerprint density at radius 1 is 1.19 bits per heavy atom. The lowest BCUT2D eigenvalue weighted by molar-refractivity contribution is -0.138. The fourth-order valence-electron chi connectivity index (χ4n) is 5.88. The summed E-state index contributed by atoms with van der Waals surface area (Å²) in [4.78, 5) is 27.6. The molecule has 2 saturated heterocycles. The van der Waals surface area contributed by atoms with Crippen LogP contribution in [0.3, 0.4) is 0 Å². The average molecular weight is 370 g/mol. The van der Waals surface area contributed by atoms with Gasteiger partial charge in [0.15, 0.2) is 0 Å². The lowest BCUT2D eigenvalue weighted by Crippen LogP contribution is -2.59. The van der Waals surface area contributed by atoms with Gasteiger partial charge in [-0.25, -0.2) is 0 Å². The minimum atomic E-state index is -0.0153. The molecular weight excluding hydrogens is 340 g/mol. The standard InChI is InChI=1S/C22H30N2O3/c1-15-18-5-3-6-20(25)24-14-4-12-22(18,24)13-11-19(15)23-21(26)16-7-9-17(27-2)10-8-16/h7-10,15,18-19H,3-6,11-14H2,1-2H3,(H,23,26)/t15-,18+,19+,22-/m1/s1. The Morgan fingerprint density at radius 2 is 1.96 bits per heavy atom. The van der Waals surface area contributed by atoms with Crippen molar-refractivity contribution in [2.75, 3.05) is 13.7 Å². The van der Waals surface area contributed by atoms with Crippen molar-refractivity contribution in [2.24, 2.45) is 11.8 Å². The van der Waals surface area contributed by atoms with Crippen molar-refractivity contribution >= 4 is 11.8 Å². The molecule has 1 aromatic carbocycles. The van der Waals surface area contributed by atoms with E-state index in [1.165, 1.54) is 0 Å². The van der Waals surface area contributed by atoms with E-state index in [2.05, 4.69) is 17.1 Å². The van der Waals surface area contributed by atoms with Gasteiger partial charge in [0.2, 0.25) is 5.91 Å². The number of hydrogen-bond donors (Lipinski definition) is 1. The Labute approximate surface area is 161 Å². The number of carbonyl (C=O) groups excluding carboxylic acids is 2. The van der Waals surface area contributed by atoms with E-state index < -0.39 is 0 Å². The number of carbonyl (C=O) groups is 2. The number of benzene rings is 1. The molecule has 2 aliphatic heterocycles. The van der Waals surface area contributed by atoms with Crippen molar-refractivity contribution in [3.8, 4) is 5.75 Å². The number of nitrogens with one attached hydrogen (secondary N) is 1. The van der Waals surface area contributed by atoms with Crippen LogP contribution < -0.4 is 10.1 Å². The zero-order chi connectivity index (χ0) is 19.0. The number of rotatable bonds is 3. The van der Waals surface area contributed by atoms with Gasteiger partial charge in [0.1, 0.15) is 5.75 Å². The predicted molar refractivity (Wildman–Crippen MR) is 104 cm³/mol. The second-order valence-electron chi connectivity index (χ2n) is 8.46. The largest absolute Gasteiger partial charge is 0.497 e. The highest BCUT2D eigenvalue weighted by Gasteiger charge is 2.55. The topological polar surface area (TPSA) is 58.6 Å². The normalized spacial score (nSPS) is 33.0. The predicted octanol–water partition coefficient (Wildman–Crippen LogP) is 3.38. The van der Waals surface area contributed by atoms with Crippen LogP contribution in [-0.2, 0) is 4.79 Å². The molecule has 1 N–H and O–H groups in total. The van der Waals surface area contributed by atoms with Gasteiger partial charge in [0.05, 0.1) is 7.11 Å². The van der Waals surface area contributed by atoms with Crippen molar-refractivity contribution in [2.45, 2.75) is 63.5 Å². The first kappa shape index (κ1) is 18.3. The molecule has 27 heavy (non-hydrogen) atoms. The Kier molecular flexibility index (Phi) is 4.87. The van der Waals surface area contributed by atoms with Gasteiger partial charge in [-0.15, -0.1) is 0 Å². The molecule has 2 amide bonds. The molecule has 0 bridgehead atoms. The van der Waals surface area contributed by atoms with Crippen molar-refractivity contribution in [1.82, 2.24) is 10.2 Å². The van der Waals surface area contributed by atoms with Crippen LogP contribution in [0.15, 0.2) is 24.3 Å². The summed E-state index contributed by atoms with van der Waals surface area (Å²) in [5.41, 5.74) is 0.718. The molecule has 5 nitrogen and oxygen atoms in total. The smallest absolute Gasteiger partial charge is 0.251 e. The van der Waals surface area contributed by atoms with Crippen LogP contribution in [0.1, 0.15) is 62.2 Å². The summed E-state index contributed by atoms with van der Waals surface area (Å²) < 4.78 is 5.17. The fourth-order valence-corrected chi connectivity index (χ4v) is 5.88.